The number of fused-ring (bicyclic) bond motifs is 2. The van der Waals surface area contributed by atoms with Crippen molar-refractivity contribution in [1.29, 1.82) is 0 Å². The van der Waals surface area contributed by atoms with Gasteiger partial charge in [-0.15, -0.1) is 0 Å². The predicted octanol–water partition coefficient (Wildman–Crippen LogP) is 2.05. The van der Waals surface area contributed by atoms with Gasteiger partial charge in [-0.3, -0.25) is 4.79 Å². The number of hydrogen-bond donors (Lipinski definition) is 1. The summed E-state index contributed by atoms with van der Waals surface area (Å²) in [6, 6.07) is 0. The van der Waals surface area contributed by atoms with E-state index < -0.39 is 11.4 Å². The Hall–Kier alpha value is -0.570. The molecule has 3 heteroatoms. The molecule has 2 bridgehead atoms. The second-order valence-electron chi connectivity index (χ2n) is 5.09. The molecule has 0 aromatic carbocycles. The Bertz CT molecular complexity index is 249. The normalized spacial score (nSPS) is 40.8. The zero-order valence-electron chi connectivity index (χ0n) is 8.82. The molecule has 2 aliphatic rings. The molecule has 2 heterocycles. The molecule has 14 heavy (non-hydrogen) atoms. The smallest absolute Gasteiger partial charge is 0.312 e. The van der Waals surface area contributed by atoms with Gasteiger partial charge in [0.15, 0.2) is 0 Å². The summed E-state index contributed by atoms with van der Waals surface area (Å²) in [5.41, 5.74) is -0.572. The van der Waals surface area contributed by atoms with E-state index in [9.17, 15) is 9.90 Å². The van der Waals surface area contributed by atoms with Crippen LogP contribution in [-0.4, -0.2) is 23.3 Å². The summed E-state index contributed by atoms with van der Waals surface area (Å²) in [6.07, 6.45) is 3.66. The van der Waals surface area contributed by atoms with Crippen molar-refractivity contribution in [2.45, 2.75) is 51.7 Å². The Balaban J connectivity index is 2.20. The molecular formula is C11H18O3. The average Bonchev–Trinajstić information content (AvgIpc) is 2.61. The van der Waals surface area contributed by atoms with Gasteiger partial charge in [-0.2, -0.15) is 0 Å². The van der Waals surface area contributed by atoms with Gasteiger partial charge in [0, 0.05) is 0 Å². The minimum atomic E-state index is -0.654. The minimum Gasteiger partial charge on any atom is -0.481 e. The topological polar surface area (TPSA) is 46.5 Å². The van der Waals surface area contributed by atoms with Crippen molar-refractivity contribution in [3.05, 3.63) is 0 Å². The van der Waals surface area contributed by atoms with Crippen LogP contribution in [0.1, 0.15) is 39.5 Å². The molecule has 0 amide bonds. The quantitative estimate of drug-likeness (QED) is 0.755. The molecular weight excluding hydrogens is 180 g/mol. The Labute approximate surface area is 84.4 Å². The molecule has 2 rings (SSSR count). The maximum Gasteiger partial charge on any atom is 0.312 e. The van der Waals surface area contributed by atoms with Crippen LogP contribution in [0.25, 0.3) is 0 Å². The molecule has 0 saturated carbocycles. The molecule has 2 aliphatic heterocycles. The summed E-state index contributed by atoms with van der Waals surface area (Å²) in [5, 5.41) is 9.35. The lowest BCUT2D eigenvalue weighted by molar-refractivity contribution is -0.153. The van der Waals surface area contributed by atoms with Gasteiger partial charge < -0.3 is 9.84 Å². The van der Waals surface area contributed by atoms with E-state index in [0.29, 0.717) is 5.92 Å². The highest BCUT2D eigenvalue weighted by Gasteiger charge is 2.57. The number of aliphatic carboxylic acids is 1. The zero-order valence-corrected chi connectivity index (χ0v) is 8.82. The summed E-state index contributed by atoms with van der Waals surface area (Å²) in [4.78, 5) is 11.4. The molecule has 3 atom stereocenters. The van der Waals surface area contributed by atoms with E-state index in [4.69, 9.17) is 4.74 Å². The summed E-state index contributed by atoms with van der Waals surface area (Å²) in [5.74, 6) is -0.229. The Morgan fingerprint density at radius 3 is 2.64 bits per heavy atom. The summed E-state index contributed by atoms with van der Waals surface area (Å²) >= 11 is 0. The molecule has 3 unspecified atom stereocenters. The van der Waals surface area contributed by atoms with E-state index in [1.165, 1.54) is 0 Å². The largest absolute Gasteiger partial charge is 0.481 e. The fraction of sp³-hybridized carbons (Fsp3) is 0.909. The van der Waals surface area contributed by atoms with Gasteiger partial charge >= 0.3 is 5.97 Å². The molecule has 1 N–H and O–H groups in total. The number of ether oxygens (including phenoxy) is 1. The third kappa shape index (κ3) is 1.34. The van der Waals surface area contributed by atoms with Crippen LogP contribution in [0.15, 0.2) is 0 Å². The second-order valence-corrected chi connectivity index (χ2v) is 5.09. The Kier molecular flexibility index (Phi) is 2.30. The van der Waals surface area contributed by atoms with E-state index in [0.717, 1.165) is 25.7 Å². The standard InChI is InChI=1S/C11H18O3/c1-7(2)5-11(10(12)13)6-8-3-4-9(11)14-8/h7-9H,3-6H2,1-2H3,(H,12,13). The first-order valence-electron chi connectivity index (χ1n) is 5.43. The Morgan fingerprint density at radius 2 is 2.29 bits per heavy atom. The molecule has 3 nitrogen and oxygen atoms in total. The molecule has 0 aromatic heterocycles. The number of carboxylic acid groups (broad SMARTS) is 1. The van der Waals surface area contributed by atoms with Gasteiger partial charge in [-0.1, -0.05) is 13.8 Å². The predicted molar refractivity (Wildman–Crippen MR) is 52.0 cm³/mol. The summed E-state index contributed by atoms with van der Waals surface area (Å²) < 4.78 is 5.67. The van der Waals surface area contributed by atoms with E-state index in [1.54, 1.807) is 0 Å². The van der Waals surface area contributed by atoms with E-state index >= 15 is 0 Å². The molecule has 0 radical (unpaired) electrons. The van der Waals surface area contributed by atoms with Gasteiger partial charge in [0.2, 0.25) is 0 Å². The Morgan fingerprint density at radius 1 is 1.57 bits per heavy atom. The van der Waals surface area contributed by atoms with Crippen LogP contribution in [-0.2, 0) is 9.53 Å². The molecule has 2 fully saturated rings. The van der Waals surface area contributed by atoms with Crippen LogP contribution in [0.2, 0.25) is 0 Å². The fourth-order valence-corrected chi connectivity index (χ4v) is 3.06. The summed E-state index contributed by atoms with van der Waals surface area (Å²) in [7, 11) is 0. The van der Waals surface area contributed by atoms with Gasteiger partial charge in [0.05, 0.1) is 17.6 Å². The molecule has 0 aromatic rings. The van der Waals surface area contributed by atoms with Gasteiger partial charge in [-0.05, 0) is 31.6 Å². The van der Waals surface area contributed by atoms with Crippen LogP contribution in [0.5, 0.6) is 0 Å². The van der Waals surface area contributed by atoms with Crippen molar-refractivity contribution in [1.82, 2.24) is 0 Å². The first-order chi connectivity index (χ1) is 6.54. The number of hydrogen-bond acceptors (Lipinski definition) is 2. The van der Waals surface area contributed by atoms with Gasteiger partial charge in [0.25, 0.3) is 0 Å². The van der Waals surface area contributed by atoms with Crippen molar-refractivity contribution in [3.63, 3.8) is 0 Å². The highest BCUT2D eigenvalue weighted by molar-refractivity contribution is 5.76. The summed E-state index contributed by atoms with van der Waals surface area (Å²) in [6.45, 7) is 4.16. The number of rotatable bonds is 3. The molecule has 80 valence electrons. The van der Waals surface area contributed by atoms with E-state index in [-0.39, 0.29) is 12.2 Å². The first kappa shape index (κ1) is 9.97. The monoisotopic (exact) mass is 198 g/mol. The van der Waals surface area contributed by atoms with Gasteiger partial charge in [0.1, 0.15) is 0 Å². The van der Waals surface area contributed by atoms with E-state index in [1.807, 2.05) is 0 Å². The lowest BCUT2D eigenvalue weighted by Crippen LogP contribution is -2.41. The number of carboxylic acids is 1. The SMILES string of the molecule is CC(C)CC1(C(=O)O)CC2CCC1O2. The molecule has 2 saturated heterocycles. The van der Waals surface area contributed by atoms with E-state index in [2.05, 4.69) is 13.8 Å². The van der Waals surface area contributed by atoms with Crippen molar-refractivity contribution in [2.24, 2.45) is 11.3 Å². The van der Waals surface area contributed by atoms with Crippen molar-refractivity contribution < 1.29 is 14.6 Å². The van der Waals surface area contributed by atoms with Crippen molar-refractivity contribution in [3.8, 4) is 0 Å². The second kappa shape index (κ2) is 3.23. The van der Waals surface area contributed by atoms with Crippen LogP contribution >= 0.6 is 0 Å². The highest BCUT2D eigenvalue weighted by Crippen LogP contribution is 2.51. The molecule has 0 spiro atoms. The van der Waals surface area contributed by atoms with Crippen molar-refractivity contribution in [2.75, 3.05) is 0 Å². The first-order valence-corrected chi connectivity index (χ1v) is 5.43. The van der Waals surface area contributed by atoms with Crippen LogP contribution in [0.3, 0.4) is 0 Å². The fourth-order valence-electron chi connectivity index (χ4n) is 3.06. The highest BCUT2D eigenvalue weighted by atomic mass is 16.5. The molecule has 0 aliphatic carbocycles. The average molecular weight is 198 g/mol. The zero-order chi connectivity index (χ0) is 10.3. The minimum absolute atomic E-state index is 0.0209. The lowest BCUT2D eigenvalue weighted by Gasteiger charge is -2.32. The van der Waals surface area contributed by atoms with Crippen LogP contribution in [0, 0.1) is 11.3 Å². The lowest BCUT2D eigenvalue weighted by atomic mass is 9.69. The van der Waals surface area contributed by atoms with Crippen LogP contribution < -0.4 is 0 Å². The third-order valence-corrected chi connectivity index (χ3v) is 3.51. The maximum absolute atomic E-state index is 11.4. The third-order valence-electron chi connectivity index (χ3n) is 3.51. The number of carbonyl (C=O) groups is 1. The van der Waals surface area contributed by atoms with Crippen LogP contribution in [0.4, 0.5) is 0 Å². The maximum atomic E-state index is 11.4. The van der Waals surface area contributed by atoms with Crippen molar-refractivity contribution >= 4 is 5.97 Å². The van der Waals surface area contributed by atoms with Gasteiger partial charge in [-0.25, -0.2) is 0 Å².